The number of nitrogens with zero attached hydrogens (tertiary/aromatic N) is 7. The van der Waals surface area contributed by atoms with E-state index >= 15 is 0 Å². The molecule has 2 N–H and O–H groups in total. The van der Waals surface area contributed by atoms with Gasteiger partial charge in [0, 0.05) is 133 Å². The van der Waals surface area contributed by atoms with Crippen LogP contribution >= 0.6 is 24.0 Å². The number of alkyl halides is 1. The zero-order valence-electron chi connectivity index (χ0n) is 50.7. The highest BCUT2D eigenvalue weighted by atomic mass is 35.5. The summed E-state index contributed by atoms with van der Waals surface area (Å²) in [5.41, 5.74) is 3.44. The predicted octanol–water partition coefficient (Wildman–Crippen LogP) is 10.4. The first-order valence-electron chi connectivity index (χ1n) is 29.2. The SMILES string of the molecule is CC(C)(C)OC(=O)N1CCN(c2cccc3c2ccn3S(=O)(=O)c2ccccc2)CC1.CC(C)(C)OC(=O)N1CCNCC1.Cl.O=C1c2ccn(S(=O)(=O)c3ccccc3)c2CCC1Cl.O=S(=O)(c1ccccc1)n1ccc2c(N3CCNCC3)cccc21.[HH].[HH]. The molecule has 89 heavy (non-hydrogen) atoms. The molecule has 1 unspecified atom stereocenters. The lowest BCUT2D eigenvalue weighted by Gasteiger charge is -2.37. The average molecular weight is 1320 g/mol. The van der Waals surface area contributed by atoms with Crippen molar-refractivity contribution in [2.24, 2.45) is 0 Å². The second-order valence-electron chi connectivity index (χ2n) is 23.3. The van der Waals surface area contributed by atoms with E-state index in [-0.39, 0.29) is 48.6 Å². The molecule has 4 aliphatic rings. The maximum Gasteiger partial charge on any atom is 0.410 e. The molecular formula is C64H81Cl2N9O11S3. The number of Topliss-reactive ketones (excluding diaryl/α,β-unsaturated/α-hetero) is 1. The summed E-state index contributed by atoms with van der Waals surface area (Å²) in [6.45, 7) is 20.6. The van der Waals surface area contributed by atoms with Crippen molar-refractivity contribution in [2.45, 2.75) is 85.6 Å². The van der Waals surface area contributed by atoms with Crippen LogP contribution in [0.2, 0.25) is 0 Å². The van der Waals surface area contributed by atoms with Gasteiger partial charge in [0.15, 0.2) is 5.78 Å². The number of carbonyl (C=O) groups is 3. The quantitative estimate of drug-likeness (QED) is 0.135. The van der Waals surface area contributed by atoms with Crippen molar-refractivity contribution in [3.63, 3.8) is 0 Å². The summed E-state index contributed by atoms with van der Waals surface area (Å²) in [4.78, 5) is 44.5. The Hall–Kier alpha value is -7.38. The van der Waals surface area contributed by atoms with E-state index in [2.05, 4.69) is 26.5 Å². The molecule has 3 aliphatic heterocycles. The molecule has 20 nitrogen and oxygen atoms in total. The largest absolute Gasteiger partial charge is 0.444 e. The summed E-state index contributed by atoms with van der Waals surface area (Å²) in [6.07, 6.45) is 5.13. The van der Waals surface area contributed by atoms with Crippen molar-refractivity contribution >= 4 is 105 Å². The van der Waals surface area contributed by atoms with Gasteiger partial charge in [-0.2, -0.15) is 0 Å². The van der Waals surface area contributed by atoms with Crippen LogP contribution in [0.5, 0.6) is 0 Å². The Bertz CT molecular complexity index is 4090. The molecule has 8 aromatic rings. The van der Waals surface area contributed by atoms with E-state index in [1.54, 1.807) is 95.0 Å². The van der Waals surface area contributed by atoms with Crippen LogP contribution < -0.4 is 20.4 Å². The van der Waals surface area contributed by atoms with Gasteiger partial charge in [0.25, 0.3) is 30.1 Å². The highest BCUT2D eigenvalue weighted by Crippen LogP contribution is 2.34. The number of piperazine rings is 3. The Kier molecular flexibility index (Phi) is 21.7. The number of carbonyl (C=O) groups excluding carboxylic acids is 3. The third kappa shape index (κ3) is 16.0. The van der Waals surface area contributed by atoms with E-state index in [9.17, 15) is 39.6 Å². The first-order chi connectivity index (χ1) is 41.8. The van der Waals surface area contributed by atoms with Gasteiger partial charge in [-0.15, -0.1) is 24.0 Å². The lowest BCUT2D eigenvalue weighted by molar-refractivity contribution is 0.0223. The van der Waals surface area contributed by atoms with Crippen LogP contribution in [-0.2, 0) is 46.0 Å². The minimum Gasteiger partial charge on any atom is -0.444 e. The van der Waals surface area contributed by atoms with Crippen LogP contribution in [0, 0.1) is 0 Å². The van der Waals surface area contributed by atoms with Crippen LogP contribution in [0.3, 0.4) is 0 Å². The van der Waals surface area contributed by atoms with E-state index in [1.807, 2.05) is 90.1 Å². The number of ether oxygens (including phenoxy) is 2. The molecule has 1 atom stereocenters. The standard InChI is InChI=1S/C23H27N3O4S.C18H19N3O2S.C14H12ClNO3S.C9H18N2O2.ClH.2H2/c1-23(2,3)30-22(27)25-16-14-24(15-17-25)20-10-7-11-21-19(20)12-13-26(21)31(28,29)18-8-5-4-6-9-18;22-24(23,15-5-2-1-3-6-15)21-12-9-16-17(7-4-8-18(16)21)20-13-10-19-11-14-20;15-12-6-7-13-11(14(12)17)8-9-16(13)20(18,19)10-4-2-1-3-5-10;1-9(2,3)13-8(12)11-6-4-10-5-7-11;;;/h4-13H,14-17H2,1-3H3;1-9,12,19H,10-11,13-14H2;1-5,8-9,12H,6-7H2;10H,4-7H2,1-3H3;3*1H. The molecule has 25 heteroatoms. The number of ketones is 1. The molecule has 3 fully saturated rings. The highest BCUT2D eigenvalue weighted by molar-refractivity contribution is 7.90. The minimum atomic E-state index is -3.68. The second-order valence-corrected chi connectivity index (χ2v) is 29.3. The molecule has 5 aromatic carbocycles. The molecule has 0 saturated carbocycles. The van der Waals surface area contributed by atoms with Gasteiger partial charge in [0.2, 0.25) is 0 Å². The van der Waals surface area contributed by atoms with Gasteiger partial charge in [-0.25, -0.2) is 46.8 Å². The van der Waals surface area contributed by atoms with Crippen LogP contribution in [0.1, 0.15) is 66.9 Å². The summed E-state index contributed by atoms with van der Waals surface area (Å²) < 4.78 is 91.9. The summed E-state index contributed by atoms with van der Waals surface area (Å²) in [6, 6.07) is 41.9. The Morgan fingerprint density at radius 2 is 0.854 bits per heavy atom. The van der Waals surface area contributed by atoms with Crippen molar-refractivity contribution in [3.8, 4) is 0 Å². The Morgan fingerprint density at radius 1 is 0.483 bits per heavy atom. The van der Waals surface area contributed by atoms with Crippen molar-refractivity contribution in [3.05, 3.63) is 175 Å². The number of amides is 2. The van der Waals surface area contributed by atoms with E-state index in [0.29, 0.717) is 60.7 Å². The van der Waals surface area contributed by atoms with E-state index in [0.717, 1.165) is 80.0 Å². The number of aromatic nitrogens is 3. The molecule has 480 valence electrons. The molecule has 0 radical (unpaired) electrons. The maximum absolute atomic E-state index is 13.1. The molecule has 6 heterocycles. The van der Waals surface area contributed by atoms with Gasteiger partial charge in [-0.05, 0) is 133 Å². The first-order valence-corrected chi connectivity index (χ1v) is 34.0. The molecule has 3 saturated heterocycles. The number of hydrogen-bond acceptors (Lipinski definition) is 15. The summed E-state index contributed by atoms with van der Waals surface area (Å²) >= 11 is 5.93. The third-order valence-electron chi connectivity index (χ3n) is 14.9. The summed E-state index contributed by atoms with van der Waals surface area (Å²) in [7, 11) is -10.9. The maximum atomic E-state index is 13.1. The van der Waals surface area contributed by atoms with Gasteiger partial charge >= 0.3 is 12.2 Å². The van der Waals surface area contributed by atoms with Gasteiger partial charge in [0.05, 0.1) is 31.1 Å². The van der Waals surface area contributed by atoms with Crippen molar-refractivity contribution in [1.82, 2.24) is 32.4 Å². The van der Waals surface area contributed by atoms with E-state index < -0.39 is 41.0 Å². The normalized spacial score (nSPS) is 16.5. The number of nitrogens with one attached hydrogen (secondary N) is 2. The Morgan fingerprint density at radius 3 is 1.27 bits per heavy atom. The zero-order chi connectivity index (χ0) is 63.0. The number of benzene rings is 5. The van der Waals surface area contributed by atoms with Gasteiger partial charge < -0.3 is 39.7 Å². The molecule has 0 spiro atoms. The number of hydrogen-bond donors (Lipinski definition) is 2. The third-order valence-corrected chi connectivity index (χ3v) is 20.4. The monoisotopic (exact) mass is 1320 g/mol. The Labute approximate surface area is 535 Å². The minimum absolute atomic E-state index is 0. The second kappa shape index (κ2) is 28.6. The summed E-state index contributed by atoms with van der Waals surface area (Å²) in [5, 5.41) is 7.81. The number of anilines is 2. The van der Waals surface area contributed by atoms with Gasteiger partial charge in [-0.1, -0.05) is 66.7 Å². The smallest absolute Gasteiger partial charge is 0.410 e. The van der Waals surface area contributed by atoms with Crippen LogP contribution in [0.25, 0.3) is 21.8 Å². The first kappa shape index (κ1) is 67.5. The summed E-state index contributed by atoms with van der Waals surface area (Å²) in [5.74, 6) is -0.199. The van der Waals surface area contributed by atoms with Gasteiger partial charge in [-0.3, -0.25) is 4.79 Å². The molecule has 0 bridgehead atoms. The number of halogens is 2. The van der Waals surface area contributed by atoms with E-state index in [4.69, 9.17) is 21.1 Å². The van der Waals surface area contributed by atoms with Crippen molar-refractivity contribution in [2.75, 3.05) is 88.3 Å². The van der Waals surface area contributed by atoms with E-state index in [1.165, 1.54) is 36.3 Å². The van der Waals surface area contributed by atoms with Crippen LogP contribution in [0.4, 0.5) is 21.0 Å². The Balaban J connectivity index is 0.000000198. The van der Waals surface area contributed by atoms with Gasteiger partial charge in [0.1, 0.15) is 11.2 Å². The van der Waals surface area contributed by atoms with Crippen LogP contribution in [-0.4, -0.2) is 160 Å². The number of fused-ring (bicyclic) bond motifs is 3. The topological polar surface area (TPSA) is 224 Å². The molecular weight excluding hydrogens is 1240 g/mol. The lowest BCUT2D eigenvalue weighted by Crippen LogP contribution is -2.50. The molecule has 1 aliphatic carbocycles. The average Bonchev–Trinajstić information content (AvgIpc) is 1.68. The molecule has 2 amide bonds. The fourth-order valence-corrected chi connectivity index (χ4v) is 15.0. The lowest BCUT2D eigenvalue weighted by atomic mass is 9.96. The van der Waals surface area contributed by atoms with Crippen molar-refractivity contribution in [1.29, 1.82) is 0 Å². The predicted molar refractivity (Wildman–Crippen MR) is 355 cm³/mol. The zero-order valence-corrected chi connectivity index (χ0v) is 54.7. The molecule has 3 aromatic heterocycles. The highest BCUT2D eigenvalue weighted by Gasteiger charge is 2.33. The van der Waals surface area contributed by atoms with Crippen LogP contribution in [0.15, 0.2) is 179 Å². The number of rotatable bonds is 8. The fraction of sp³-hybridized carbons (Fsp3) is 0.359. The fourth-order valence-electron chi connectivity index (χ4n) is 10.6. The van der Waals surface area contributed by atoms with Crippen molar-refractivity contribution < 1.29 is 52.0 Å². The molecule has 12 rings (SSSR count).